The second-order valence-electron chi connectivity index (χ2n) is 4.36. The number of anilines is 1. The van der Waals surface area contributed by atoms with Gasteiger partial charge < -0.3 is 5.32 Å². The Bertz CT molecular complexity index is 578. The summed E-state index contributed by atoms with van der Waals surface area (Å²) in [5.41, 5.74) is 0. The van der Waals surface area contributed by atoms with E-state index in [4.69, 9.17) is 11.6 Å². The number of nitrogens with zero attached hydrogens (tertiary/aromatic N) is 4. The van der Waals surface area contributed by atoms with Crippen LogP contribution in [0.2, 0.25) is 5.15 Å². The number of rotatable bonds is 3. The SMILES string of the molecule is Cc1nc2nc(Cl)c(P)c(NCC3CC3)n2n1. The fraction of sp³-hybridized carbons (Fsp3) is 0.500. The first kappa shape index (κ1) is 11.2. The van der Waals surface area contributed by atoms with Crippen LogP contribution in [0.5, 0.6) is 0 Å². The summed E-state index contributed by atoms with van der Waals surface area (Å²) >= 11 is 6.08. The van der Waals surface area contributed by atoms with Crippen LogP contribution < -0.4 is 10.6 Å². The Labute approximate surface area is 106 Å². The molecule has 2 aromatic heterocycles. The van der Waals surface area contributed by atoms with Crippen molar-refractivity contribution in [1.82, 2.24) is 19.6 Å². The second kappa shape index (κ2) is 4.07. The molecule has 1 fully saturated rings. The highest BCUT2D eigenvalue weighted by molar-refractivity contribution is 7.28. The standard InChI is InChI=1S/C10H13ClN5P/c1-5-13-10-14-8(11)7(17)9(16(10)15-5)12-4-6-2-3-6/h6,12H,2-4,17H2,1H3. The predicted molar refractivity (Wildman–Crippen MR) is 71.1 cm³/mol. The van der Waals surface area contributed by atoms with Gasteiger partial charge in [0, 0.05) is 11.8 Å². The van der Waals surface area contributed by atoms with Gasteiger partial charge in [0.15, 0.2) is 0 Å². The van der Waals surface area contributed by atoms with Crippen molar-refractivity contribution in [3.63, 3.8) is 0 Å². The maximum atomic E-state index is 6.08. The summed E-state index contributed by atoms with van der Waals surface area (Å²) < 4.78 is 1.71. The number of aryl methyl sites for hydroxylation is 1. The van der Waals surface area contributed by atoms with Gasteiger partial charge in [0.2, 0.25) is 0 Å². The lowest BCUT2D eigenvalue weighted by atomic mass is 10.4. The molecular formula is C10H13ClN5P. The van der Waals surface area contributed by atoms with Gasteiger partial charge in [-0.3, -0.25) is 0 Å². The maximum absolute atomic E-state index is 6.08. The first-order chi connectivity index (χ1) is 8.15. The Morgan fingerprint density at radius 1 is 1.47 bits per heavy atom. The molecule has 0 bridgehead atoms. The van der Waals surface area contributed by atoms with Crippen molar-refractivity contribution in [3.8, 4) is 0 Å². The number of halogens is 1. The van der Waals surface area contributed by atoms with Crippen molar-refractivity contribution >= 4 is 37.7 Å². The Kier molecular flexibility index (Phi) is 2.68. The largest absolute Gasteiger partial charge is 0.369 e. The maximum Gasteiger partial charge on any atom is 0.255 e. The van der Waals surface area contributed by atoms with E-state index in [9.17, 15) is 0 Å². The van der Waals surface area contributed by atoms with Crippen LogP contribution in [0.25, 0.3) is 5.78 Å². The molecule has 1 saturated carbocycles. The molecular weight excluding hydrogens is 257 g/mol. The number of nitrogens with one attached hydrogen (secondary N) is 1. The van der Waals surface area contributed by atoms with Crippen LogP contribution in [-0.2, 0) is 0 Å². The van der Waals surface area contributed by atoms with Gasteiger partial charge in [-0.2, -0.15) is 14.5 Å². The van der Waals surface area contributed by atoms with Gasteiger partial charge >= 0.3 is 0 Å². The van der Waals surface area contributed by atoms with E-state index >= 15 is 0 Å². The van der Waals surface area contributed by atoms with E-state index < -0.39 is 0 Å². The topological polar surface area (TPSA) is 55.1 Å². The molecule has 0 aliphatic heterocycles. The molecule has 5 nitrogen and oxygen atoms in total. The van der Waals surface area contributed by atoms with Crippen LogP contribution in [0.1, 0.15) is 18.7 Å². The Morgan fingerprint density at radius 2 is 2.24 bits per heavy atom. The number of fused-ring (bicyclic) bond motifs is 1. The lowest BCUT2D eigenvalue weighted by Crippen LogP contribution is -2.17. The average molecular weight is 270 g/mol. The van der Waals surface area contributed by atoms with E-state index in [0.717, 1.165) is 23.6 Å². The average Bonchev–Trinajstić information content (AvgIpc) is 3.02. The molecule has 3 rings (SSSR count). The van der Waals surface area contributed by atoms with Gasteiger partial charge in [0.1, 0.15) is 16.8 Å². The van der Waals surface area contributed by atoms with Gasteiger partial charge in [0.25, 0.3) is 5.78 Å². The molecule has 7 heteroatoms. The van der Waals surface area contributed by atoms with E-state index in [0.29, 0.717) is 16.8 Å². The molecule has 2 heterocycles. The summed E-state index contributed by atoms with van der Waals surface area (Å²) in [5, 5.41) is 9.00. The van der Waals surface area contributed by atoms with Gasteiger partial charge in [-0.25, -0.2) is 0 Å². The van der Waals surface area contributed by atoms with E-state index in [-0.39, 0.29) is 0 Å². The normalized spacial score (nSPS) is 15.5. The van der Waals surface area contributed by atoms with Crippen molar-refractivity contribution in [2.24, 2.45) is 5.92 Å². The zero-order valence-corrected chi connectivity index (χ0v) is 11.4. The van der Waals surface area contributed by atoms with Crippen molar-refractivity contribution in [1.29, 1.82) is 0 Å². The molecule has 0 aromatic carbocycles. The van der Waals surface area contributed by atoms with Crippen LogP contribution in [0.4, 0.5) is 5.82 Å². The number of hydrogen-bond acceptors (Lipinski definition) is 4. The van der Waals surface area contributed by atoms with E-state index in [1.54, 1.807) is 4.52 Å². The summed E-state index contributed by atoms with van der Waals surface area (Å²) in [4.78, 5) is 8.42. The molecule has 1 unspecified atom stereocenters. The van der Waals surface area contributed by atoms with Gasteiger partial charge in [-0.1, -0.05) is 20.8 Å². The summed E-state index contributed by atoms with van der Waals surface area (Å²) in [6, 6.07) is 0. The molecule has 0 amide bonds. The van der Waals surface area contributed by atoms with Crippen molar-refractivity contribution in [2.75, 3.05) is 11.9 Å². The van der Waals surface area contributed by atoms with Crippen molar-refractivity contribution in [3.05, 3.63) is 11.0 Å². The monoisotopic (exact) mass is 269 g/mol. The van der Waals surface area contributed by atoms with Gasteiger partial charge in [0.05, 0.1) is 0 Å². The number of hydrogen-bond donors (Lipinski definition) is 1. The molecule has 0 radical (unpaired) electrons. The minimum atomic E-state index is 0.452. The first-order valence-corrected chi connectivity index (χ1v) is 6.53. The molecule has 17 heavy (non-hydrogen) atoms. The fourth-order valence-electron chi connectivity index (χ4n) is 1.72. The van der Waals surface area contributed by atoms with E-state index in [1.807, 2.05) is 6.92 Å². The lowest BCUT2D eigenvalue weighted by molar-refractivity contribution is 0.855. The minimum Gasteiger partial charge on any atom is -0.369 e. The summed E-state index contributed by atoms with van der Waals surface area (Å²) in [7, 11) is 2.61. The molecule has 1 N–H and O–H groups in total. The van der Waals surface area contributed by atoms with Crippen molar-refractivity contribution < 1.29 is 0 Å². The van der Waals surface area contributed by atoms with Crippen molar-refractivity contribution in [2.45, 2.75) is 19.8 Å². The summed E-state index contributed by atoms with van der Waals surface area (Å²) in [6.07, 6.45) is 2.61. The third kappa shape index (κ3) is 2.09. The Morgan fingerprint density at radius 3 is 2.94 bits per heavy atom. The predicted octanol–water partition coefficient (Wildman–Crippen LogP) is 1.41. The smallest absolute Gasteiger partial charge is 0.255 e. The lowest BCUT2D eigenvalue weighted by Gasteiger charge is -2.10. The zero-order chi connectivity index (χ0) is 12.0. The number of aromatic nitrogens is 4. The first-order valence-electron chi connectivity index (χ1n) is 5.57. The van der Waals surface area contributed by atoms with Gasteiger partial charge in [-0.05, 0) is 25.7 Å². The highest BCUT2D eigenvalue weighted by atomic mass is 35.5. The quantitative estimate of drug-likeness (QED) is 0.676. The summed E-state index contributed by atoms with van der Waals surface area (Å²) in [6.45, 7) is 2.80. The molecule has 1 aliphatic rings. The van der Waals surface area contributed by atoms with Crippen LogP contribution in [-0.4, -0.2) is 26.1 Å². The fourth-order valence-corrected chi connectivity index (χ4v) is 2.17. The highest BCUT2D eigenvalue weighted by Gasteiger charge is 2.22. The minimum absolute atomic E-state index is 0.452. The molecule has 2 aromatic rings. The van der Waals surface area contributed by atoms with Crippen LogP contribution >= 0.6 is 20.8 Å². The van der Waals surface area contributed by atoms with Crippen LogP contribution in [0.15, 0.2) is 0 Å². The molecule has 0 spiro atoms. The third-order valence-electron chi connectivity index (χ3n) is 2.84. The van der Waals surface area contributed by atoms with E-state index in [1.165, 1.54) is 12.8 Å². The summed E-state index contributed by atoms with van der Waals surface area (Å²) in [5.74, 6) is 2.89. The van der Waals surface area contributed by atoms with Gasteiger partial charge in [-0.15, -0.1) is 5.10 Å². The van der Waals surface area contributed by atoms with Crippen LogP contribution in [0.3, 0.4) is 0 Å². The highest BCUT2D eigenvalue weighted by Crippen LogP contribution is 2.29. The third-order valence-corrected chi connectivity index (χ3v) is 3.86. The Balaban J connectivity index is 2.07. The van der Waals surface area contributed by atoms with E-state index in [2.05, 4.69) is 29.6 Å². The molecule has 0 saturated heterocycles. The van der Waals surface area contributed by atoms with Crippen LogP contribution in [0, 0.1) is 12.8 Å². The molecule has 90 valence electrons. The zero-order valence-electron chi connectivity index (χ0n) is 9.44. The Hall–Kier alpha value is -0.930. The second-order valence-corrected chi connectivity index (χ2v) is 5.30. The molecule has 1 aliphatic carbocycles. The molecule has 1 atom stereocenters.